The number of ketones is 1. The molecule has 0 unspecified atom stereocenters. The van der Waals surface area contributed by atoms with Crippen LogP contribution in [0.2, 0.25) is 5.02 Å². The summed E-state index contributed by atoms with van der Waals surface area (Å²) in [7, 11) is 0. The summed E-state index contributed by atoms with van der Waals surface area (Å²) in [5.74, 6) is 1.03. The van der Waals surface area contributed by atoms with Gasteiger partial charge in [-0.05, 0) is 56.7 Å². The van der Waals surface area contributed by atoms with Gasteiger partial charge >= 0.3 is 0 Å². The Morgan fingerprint density at radius 3 is 2.68 bits per heavy atom. The van der Waals surface area contributed by atoms with Gasteiger partial charge in [-0.3, -0.25) is 0 Å². The predicted molar refractivity (Wildman–Crippen MR) is 80.2 cm³/mol. The summed E-state index contributed by atoms with van der Waals surface area (Å²) in [5, 5.41) is 0.724. The normalized spacial score (nSPS) is 10.5. The smallest absolute Gasteiger partial charge is 0.138 e. The summed E-state index contributed by atoms with van der Waals surface area (Å²) in [5.41, 5.74) is 2.29. The highest BCUT2D eigenvalue weighted by Gasteiger charge is 2.09. The van der Waals surface area contributed by atoms with Crippen LogP contribution in [-0.2, 0) is 11.2 Å². The van der Waals surface area contributed by atoms with E-state index in [1.807, 2.05) is 13.0 Å². The number of benzene rings is 1. The Kier molecular flexibility index (Phi) is 6.93. The van der Waals surface area contributed by atoms with E-state index in [0.717, 1.165) is 47.6 Å². The number of ether oxygens (including phenoxy) is 1. The molecular weight excluding hydrogens is 260 g/mol. The largest absolute Gasteiger partial charge is 0.492 e. The molecule has 0 spiro atoms. The molecule has 0 N–H and O–H groups in total. The second-order valence-corrected chi connectivity index (χ2v) is 5.37. The number of carbonyl (C=O) groups is 1. The fourth-order valence-corrected chi connectivity index (χ4v) is 2.25. The lowest BCUT2D eigenvalue weighted by Gasteiger charge is -2.12. The van der Waals surface area contributed by atoms with Crippen molar-refractivity contribution < 1.29 is 9.53 Å². The minimum absolute atomic E-state index is 0.252. The summed E-state index contributed by atoms with van der Waals surface area (Å²) in [6, 6.07) is 4.09. The third-order valence-corrected chi connectivity index (χ3v) is 3.37. The Balaban J connectivity index is 2.66. The van der Waals surface area contributed by atoms with Crippen LogP contribution < -0.4 is 4.74 Å². The molecule has 19 heavy (non-hydrogen) atoms. The van der Waals surface area contributed by atoms with Gasteiger partial charge in [0.05, 0.1) is 11.6 Å². The van der Waals surface area contributed by atoms with E-state index in [0.29, 0.717) is 13.0 Å². The lowest BCUT2D eigenvalue weighted by Crippen LogP contribution is -1.99. The summed E-state index contributed by atoms with van der Waals surface area (Å²) in [6.45, 7) is 6.45. The third kappa shape index (κ3) is 5.65. The van der Waals surface area contributed by atoms with Crippen molar-refractivity contribution in [2.24, 2.45) is 0 Å². The Morgan fingerprint density at radius 1 is 1.32 bits per heavy atom. The zero-order chi connectivity index (χ0) is 14.3. The maximum Gasteiger partial charge on any atom is 0.138 e. The number of hydrogen-bond acceptors (Lipinski definition) is 2. The van der Waals surface area contributed by atoms with Crippen LogP contribution in [0, 0.1) is 6.92 Å². The first-order valence-electron chi connectivity index (χ1n) is 6.95. The molecule has 0 aliphatic rings. The summed E-state index contributed by atoms with van der Waals surface area (Å²) in [6.07, 6.45) is 4.43. The van der Waals surface area contributed by atoms with Gasteiger partial charge in [-0.1, -0.05) is 24.6 Å². The van der Waals surface area contributed by atoms with Crippen molar-refractivity contribution in [2.45, 2.75) is 52.9 Å². The van der Waals surface area contributed by atoms with Gasteiger partial charge in [0.1, 0.15) is 11.5 Å². The molecule has 0 heterocycles. The maximum absolute atomic E-state index is 10.9. The lowest BCUT2D eigenvalue weighted by atomic mass is 10.0. The van der Waals surface area contributed by atoms with Crippen molar-refractivity contribution in [1.29, 1.82) is 0 Å². The van der Waals surface area contributed by atoms with Crippen molar-refractivity contribution >= 4 is 17.4 Å². The molecular formula is C16H23ClO2. The van der Waals surface area contributed by atoms with E-state index < -0.39 is 0 Å². The van der Waals surface area contributed by atoms with Gasteiger partial charge in [-0.2, -0.15) is 0 Å². The Hall–Kier alpha value is -1.02. The number of Topliss-reactive ketones (excluding diaryl/α,β-unsaturated/α-hetero) is 1. The molecule has 0 radical (unpaired) electrons. The van der Waals surface area contributed by atoms with Gasteiger partial charge in [0.15, 0.2) is 0 Å². The zero-order valence-corrected chi connectivity index (χ0v) is 12.8. The molecule has 0 aliphatic heterocycles. The number of hydrogen-bond donors (Lipinski definition) is 0. The zero-order valence-electron chi connectivity index (χ0n) is 12.1. The standard InChI is InChI=1S/C16H23ClO2/c1-4-9-19-15-11-12(2)10-14(16(15)17)8-6-5-7-13(3)18/h10-11H,4-9H2,1-3H3. The monoisotopic (exact) mass is 282 g/mol. The maximum atomic E-state index is 10.9. The van der Waals surface area contributed by atoms with E-state index in [4.69, 9.17) is 16.3 Å². The topological polar surface area (TPSA) is 26.3 Å². The Bertz CT molecular complexity index is 427. The average Bonchev–Trinajstić information content (AvgIpc) is 2.36. The minimum Gasteiger partial charge on any atom is -0.492 e. The van der Waals surface area contributed by atoms with E-state index in [9.17, 15) is 4.79 Å². The molecule has 0 bridgehead atoms. The van der Waals surface area contributed by atoms with Crippen molar-refractivity contribution in [1.82, 2.24) is 0 Å². The van der Waals surface area contributed by atoms with Crippen LogP contribution in [0.15, 0.2) is 12.1 Å². The third-order valence-electron chi connectivity index (χ3n) is 2.95. The van der Waals surface area contributed by atoms with Crippen LogP contribution in [0.3, 0.4) is 0 Å². The first-order valence-corrected chi connectivity index (χ1v) is 7.33. The minimum atomic E-state index is 0.252. The van der Waals surface area contributed by atoms with Crippen LogP contribution in [0.1, 0.15) is 50.7 Å². The first kappa shape index (κ1) is 16.0. The average molecular weight is 283 g/mol. The van der Waals surface area contributed by atoms with E-state index >= 15 is 0 Å². The van der Waals surface area contributed by atoms with Crippen molar-refractivity contribution in [3.8, 4) is 5.75 Å². The molecule has 106 valence electrons. The van der Waals surface area contributed by atoms with Crippen LogP contribution in [-0.4, -0.2) is 12.4 Å². The molecule has 0 aromatic heterocycles. The number of rotatable bonds is 8. The van der Waals surface area contributed by atoms with Crippen LogP contribution in [0.4, 0.5) is 0 Å². The molecule has 0 fully saturated rings. The SMILES string of the molecule is CCCOc1cc(C)cc(CCCCC(C)=O)c1Cl. The highest BCUT2D eigenvalue weighted by atomic mass is 35.5. The number of unbranched alkanes of at least 4 members (excludes halogenated alkanes) is 1. The number of halogens is 1. The molecule has 0 aliphatic carbocycles. The first-order chi connectivity index (χ1) is 9.04. The van der Waals surface area contributed by atoms with E-state index in [1.165, 1.54) is 0 Å². The van der Waals surface area contributed by atoms with Crippen LogP contribution in [0.25, 0.3) is 0 Å². The summed E-state index contributed by atoms with van der Waals surface area (Å²) in [4.78, 5) is 10.9. The van der Waals surface area contributed by atoms with Gasteiger partial charge in [-0.15, -0.1) is 0 Å². The van der Waals surface area contributed by atoms with E-state index in [2.05, 4.69) is 13.0 Å². The molecule has 1 aromatic carbocycles. The molecule has 3 heteroatoms. The quantitative estimate of drug-likeness (QED) is 0.644. The van der Waals surface area contributed by atoms with E-state index in [-0.39, 0.29) is 5.78 Å². The number of aryl methyl sites for hydroxylation is 2. The Morgan fingerprint density at radius 2 is 2.05 bits per heavy atom. The molecule has 2 nitrogen and oxygen atoms in total. The van der Waals surface area contributed by atoms with Gasteiger partial charge < -0.3 is 9.53 Å². The molecule has 0 saturated heterocycles. The summed E-state index contributed by atoms with van der Waals surface area (Å²) < 4.78 is 5.67. The second-order valence-electron chi connectivity index (χ2n) is 4.99. The highest BCUT2D eigenvalue weighted by Crippen LogP contribution is 2.31. The molecule has 1 aromatic rings. The van der Waals surface area contributed by atoms with E-state index in [1.54, 1.807) is 6.92 Å². The molecule has 1 rings (SSSR count). The lowest BCUT2D eigenvalue weighted by molar-refractivity contribution is -0.117. The summed E-state index contributed by atoms with van der Waals surface area (Å²) >= 11 is 6.37. The van der Waals surface area contributed by atoms with Crippen molar-refractivity contribution in [3.05, 3.63) is 28.3 Å². The fourth-order valence-electron chi connectivity index (χ4n) is 2.00. The molecule has 0 atom stereocenters. The Labute approximate surface area is 121 Å². The number of carbonyl (C=O) groups excluding carboxylic acids is 1. The molecule has 0 amide bonds. The van der Waals surface area contributed by atoms with Gasteiger partial charge in [0.25, 0.3) is 0 Å². The van der Waals surface area contributed by atoms with Crippen LogP contribution in [0.5, 0.6) is 5.75 Å². The van der Waals surface area contributed by atoms with Gasteiger partial charge in [-0.25, -0.2) is 0 Å². The molecule has 0 saturated carbocycles. The second kappa shape index (κ2) is 8.21. The van der Waals surface area contributed by atoms with Gasteiger partial charge in [0, 0.05) is 6.42 Å². The van der Waals surface area contributed by atoms with Crippen molar-refractivity contribution in [3.63, 3.8) is 0 Å². The predicted octanol–water partition coefficient (Wildman–Crippen LogP) is 4.74. The fraction of sp³-hybridized carbons (Fsp3) is 0.562. The van der Waals surface area contributed by atoms with Gasteiger partial charge in [0.2, 0.25) is 0 Å². The van der Waals surface area contributed by atoms with Crippen molar-refractivity contribution in [2.75, 3.05) is 6.61 Å². The van der Waals surface area contributed by atoms with Crippen LogP contribution >= 0.6 is 11.6 Å². The highest BCUT2D eigenvalue weighted by molar-refractivity contribution is 6.32.